The highest BCUT2D eigenvalue weighted by Gasteiger charge is 2.03. The Morgan fingerprint density at radius 3 is 2.76 bits per heavy atom. The number of ether oxygens (including phenoxy) is 2. The molecule has 2 N–H and O–H groups in total. The molecule has 0 amide bonds. The second-order valence-electron chi connectivity index (χ2n) is 5.27. The van der Waals surface area contributed by atoms with E-state index in [9.17, 15) is 0 Å². The Bertz CT molecular complexity index is 423. The highest BCUT2D eigenvalue weighted by Crippen LogP contribution is 2.13. The maximum Gasteiger partial charge on any atom is 0.120 e. The molecule has 21 heavy (non-hydrogen) atoms. The van der Waals surface area contributed by atoms with Crippen molar-refractivity contribution < 1.29 is 9.47 Å². The molecule has 0 saturated heterocycles. The Hall–Kier alpha value is -1.13. The van der Waals surface area contributed by atoms with E-state index in [4.69, 9.17) is 27.4 Å². The first-order valence-electron chi connectivity index (χ1n) is 7.77. The topological polar surface area (TPSA) is 44.5 Å². The van der Waals surface area contributed by atoms with Gasteiger partial charge in [0.25, 0.3) is 0 Å². The molecule has 4 heteroatoms. The van der Waals surface area contributed by atoms with Crippen LogP contribution in [0.2, 0.25) is 0 Å². The van der Waals surface area contributed by atoms with Crippen LogP contribution in [0.5, 0.6) is 5.75 Å². The highest BCUT2D eigenvalue weighted by molar-refractivity contribution is 7.80. The first-order valence-corrected chi connectivity index (χ1v) is 8.18. The van der Waals surface area contributed by atoms with E-state index in [1.165, 1.54) is 25.7 Å². The fraction of sp³-hybridized carbons (Fsp3) is 0.588. The lowest BCUT2D eigenvalue weighted by atomic mass is 10.1. The maximum absolute atomic E-state index is 5.75. The summed E-state index contributed by atoms with van der Waals surface area (Å²) in [7, 11) is 0. The van der Waals surface area contributed by atoms with Crippen LogP contribution in [0.15, 0.2) is 24.3 Å². The lowest BCUT2D eigenvalue weighted by Gasteiger charge is -2.13. The van der Waals surface area contributed by atoms with E-state index in [0.717, 1.165) is 17.7 Å². The Balaban J connectivity index is 2.16. The van der Waals surface area contributed by atoms with E-state index in [2.05, 4.69) is 13.8 Å². The van der Waals surface area contributed by atoms with Gasteiger partial charge < -0.3 is 15.2 Å². The lowest BCUT2D eigenvalue weighted by Crippen LogP contribution is -2.14. The van der Waals surface area contributed by atoms with Gasteiger partial charge in [0.1, 0.15) is 17.3 Å². The van der Waals surface area contributed by atoms with Gasteiger partial charge in [0.15, 0.2) is 0 Å². The van der Waals surface area contributed by atoms with Crippen LogP contribution in [0, 0.1) is 0 Å². The zero-order valence-electron chi connectivity index (χ0n) is 13.1. The zero-order valence-corrected chi connectivity index (χ0v) is 14.0. The summed E-state index contributed by atoms with van der Waals surface area (Å²) < 4.78 is 11.4. The van der Waals surface area contributed by atoms with Crippen LogP contribution >= 0.6 is 12.2 Å². The second-order valence-corrected chi connectivity index (χ2v) is 5.71. The number of hydrogen-bond donors (Lipinski definition) is 1. The van der Waals surface area contributed by atoms with Gasteiger partial charge in [-0.15, -0.1) is 0 Å². The van der Waals surface area contributed by atoms with Gasteiger partial charge in [-0.05, 0) is 25.5 Å². The molecule has 1 aromatic rings. The van der Waals surface area contributed by atoms with Crippen LogP contribution in [0.25, 0.3) is 0 Å². The van der Waals surface area contributed by atoms with E-state index in [1.54, 1.807) is 0 Å². The SMILES string of the molecule is CCCCCCC(C)OCCOc1cccc(C(N)=S)c1. The molecule has 0 aromatic heterocycles. The zero-order chi connectivity index (χ0) is 15.5. The standard InChI is InChI=1S/C17H27NO2S/c1-3-4-5-6-8-14(2)19-11-12-20-16-10-7-9-15(13-16)17(18)21/h7,9-10,13-14H,3-6,8,11-12H2,1-2H3,(H2,18,21). The van der Waals surface area contributed by atoms with Gasteiger partial charge >= 0.3 is 0 Å². The normalized spacial score (nSPS) is 12.1. The van der Waals surface area contributed by atoms with Gasteiger partial charge in [0, 0.05) is 5.56 Å². The van der Waals surface area contributed by atoms with Crippen molar-refractivity contribution in [2.24, 2.45) is 5.73 Å². The first kappa shape index (κ1) is 17.9. The van der Waals surface area contributed by atoms with Crippen molar-refractivity contribution in [3.63, 3.8) is 0 Å². The molecule has 0 aliphatic rings. The molecule has 0 bridgehead atoms. The van der Waals surface area contributed by atoms with E-state index in [-0.39, 0.29) is 0 Å². The Kier molecular flexibility index (Phi) is 9.02. The van der Waals surface area contributed by atoms with Gasteiger partial charge in [0.2, 0.25) is 0 Å². The van der Waals surface area contributed by atoms with Crippen molar-refractivity contribution in [1.82, 2.24) is 0 Å². The number of nitrogens with two attached hydrogens (primary N) is 1. The van der Waals surface area contributed by atoms with Gasteiger partial charge in [-0.25, -0.2) is 0 Å². The van der Waals surface area contributed by atoms with E-state index < -0.39 is 0 Å². The molecule has 3 nitrogen and oxygen atoms in total. The van der Waals surface area contributed by atoms with Gasteiger partial charge in [-0.1, -0.05) is 57.0 Å². The third kappa shape index (κ3) is 8.02. The predicted molar refractivity (Wildman–Crippen MR) is 92.0 cm³/mol. The summed E-state index contributed by atoms with van der Waals surface area (Å²) in [5.74, 6) is 0.777. The lowest BCUT2D eigenvalue weighted by molar-refractivity contribution is 0.0384. The smallest absolute Gasteiger partial charge is 0.120 e. The molecular formula is C17H27NO2S. The molecule has 1 aromatic carbocycles. The quantitative estimate of drug-likeness (QED) is 0.494. The fourth-order valence-electron chi connectivity index (χ4n) is 2.09. The highest BCUT2D eigenvalue weighted by atomic mass is 32.1. The minimum atomic E-state index is 0.299. The largest absolute Gasteiger partial charge is 0.491 e. The van der Waals surface area contributed by atoms with Crippen LogP contribution < -0.4 is 10.5 Å². The number of rotatable bonds is 11. The van der Waals surface area contributed by atoms with Crippen molar-refractivity contribution in [3.05, 3.63) is 29.8 Å². The third-order valence-electron chi connectivity index (χ3n) is 3.34. The van der Waals surface area contributed by atoms with Crippen LogP contribution in [-0.4, -0.2) is 24.3 Å². The molecule has 0 aliphatic carbocycles. The van der Waals surface area contributed by atoms with Crippen molar-refractivity contribution >= 4 is 17.2 Å². The fourth-order valence-corrected chi connectivity index (χ4v) is 2.22. The minimum Gasteiger partial charge on any atom is -0.491 e. The van der Waals surface area contributed by atoms with Crippen molar-refractivity contribution in [3.8, 4) is 5.75 Å². The number of thiocarbonyl (C=S) groups is 1. The second kappa shape index (κ2) is 10.6. The Morgan fingerprint density at radius 1 is 1.24 bits per heavy atom. The van der Waals surface area contributed by atoms with E-state index in [1.807, 2.05) is 24.3 Å². The van der Waals surface area contributed by atoms with Crippen molar-refractivity contribution in [2.45, 2.75) is 52.1 Å². The summed E-state index contributed by atoms with van der Waals surface area (Å²) in [4.78, 5) is 0.386. The molecular weight excluding hydrogens is 282 g/mol. The number of hydrogen-bond acceptors (Lipinski definition) is 3. The van der Waals surface area contributed by atoms with Gasteiger partial charge in [0.05, 0.1) is 12.7 Å². The molecule has 0 fully saturated rings. The summed E-state index contributed by atoms with van der Waals surface area (Å²) in [5, 5.41) is 0. The molecule has 0 spiro atoms. The first-order chi connectivity index (χ1) is 10.1. The Morgan fingerprint density at radius 2 is 2.05 bits per heavy atom. The summed E-state index contributed by atoms with van der Waals surface area (Å²) >= 11 is 4.95. The van der Waals surface area contributed by atoms with Crippen LogP contribution in [0.3, 0.4) is 0 Å². The van der Waals surface area contributed by atoms with Crippen molar-refractivity contribution in [2.75, 3.05) is 13.2 Å². The molecule has 1 rings (SSSR count). The van der Waals surface area contributed by atoms with Crippen molar-refractivity contribution in [1.29, 1.82) is 0 Å². The summed E-state index contributed by atoms with van der Waals surface area (Å²) in [5.41, 5.74) is 6.42. The Labute approximate surface area is 133 Å². The number of unbranched alkanes of at least 4 members (excludes halogenated alkanes) is 3. The number of benzene rings is 1. The summed E-state index contributed by atoms with van der Waals surface area (Å²) in [6.07, 6.45) is 6.55. The molecule has 0 aliphatic heterocycles. The van der Waals surface area contributed by atoms with E-state index in [0.29, 0.717) is 24.3 Å². The average molecular weight is 309 g/mol. The maximum atomic E-state index is 5.75. The molecule has 1 atom stereocenters. The van der Waals surface area contributed by atoms with Crippen LogP contribution in [0.1, 0.15) is 51.5 Å². The van der Waals surface area contributed by atoms with Gasteiger partial charge in [-0.2, -0.15) is 0 Å². The van der Waals surface area contributed by atoms with Crippen LogP contribution in [-0.2, 0) is 4.74 Å². The van der Waals surface area contributed by atoms with Gasteiger partial charge in [-0.3, -0.25) is 0 Å². The summed E-state index contributed by atoms with van der Waals surface area (Å²) in [6, 6.07) is 7.53. The monoisotopic (exact) mass is 309 g/mol. The molecule has 0 heterocycles. The molecule has 0 radical (unpaired) electrons. The average Bonchev–Trinajstić information content (AvgIpc) is 2.48. The minimum absolute atomic E-state index is 0.299. The third-order valence-corrected chi connectivity index (χ3v) is 3.57. The molecule has 118 valence electrons. The summed E-state index contributed by atoms with van der Waals surface area (Å²) in [6.45, 7) is 5.50. The predicted octanol–water partition coefficient (Wildman–Crippen LogP) is 4.08. The van der Waals surface area contributed by atoms with E-state index >= 15 is 0 Å². The molecule has 1 unspecified atom stereocenters. The molecule has 0 saturated carbocycles. The van der Waals surface area contributed by atoms with Crippen LogP contribution in [0.4, 0.5) is 0 Å².